The molecule has 0 spiro atoms. The molecule has 0 aromatic heterocycles. The molecule has 0 aliphatic rings. The van der Waals surface area contributed by atoms with Crippen molar-refractivity contribution >= 4 is 5.97 Å². The van der Waals surface area contributed by atoms with Crippen molar-refractivity contribution in [1.82, 2.24) is 0 Å². The summed E-state index contributed by atoms with van der Waals surface area (Å²) in [6.45, 7) is -0.111. The molecule has 0 radical (unpaired) electrons. The fourth-order valence-electron chi connectivity index (χ4n) is 1.03. The molecule has 4 nitrogen and oxygen atoms in total. The van der Waals surface area contributed by atoms with Crippen molar-refractivity contribution in [1.29, 1.82) is 0 Å². The van der Waals surface area contributed by atoms with Crippen molar-refractivity contribution < 1.29 is 15.0 Å². The third-order valence-corrected chi connectivity index (χ3v) is 1.76. The second-order valence-corrected chi connectivity index (χ2v) is 2.72. The number of carbonyl (C=O) groups is 1. The number of carboxylic acids is 1. The van der Waals surface area contributed by atoms with E-state index in [0.29, 0.717) is 11.1 Å². The fraction of sp³-hybridized carbons (Fsp3) is 0.222. The Hall–Kier alpha value is -1.39. The van der Waals surface area contributed by atoms with Gasteiger partial charge in [-0.15, -0.1) is 0 Å². The normalized spacial score (nSPS) is 12.5. The zero-order valence-electron chi connectivity index (χ0n) is 6.97. The molecule has 1 unspecified atom stereocenters. The predicted octanol–water partition coefficient (Wildman–Crippen LogP) is 0.263. The second kappa shape index (κ2) is 4.02. The first-order valence-corrected chi connectivity index (χ1v) is 3.83. The average Bonchev–Trinajstić information content (AvgIpc) is 2.16. The van der Waals surface area contributed by atoms with Gasteiger partial charge in [-0.1, -0.05) is 24.3 Å². The summed E-state index contributed by atoms with van der Waals surface area (Å²) in [5, 5.41) is 17.4. The maximum atomic E-state index is 10.5. The lowest BCUT2D eigenvalue weighted by atomic mass is 10.1. The van der Waals surface area contributed by atoms with Crippen molar-refractivity contribution in [2.45, 2.75) is 12.6 Å². The average molecular weight is 181 g/mol. The number of aliphatic hydroxyl groups excluding tert-OH is 1. The maximum absolute atomic E-state index is 10.5. The molecule has 0 bridgehead atoms. The molecule has 1 atom stereocenters. The number of carboxylic acid groups (broad SMARTS) is 1. The van der Waals surface area contributed by atoms with Gasteiger partial charge >= 0.3 is 5.97 Å². The van der Waals surface area contributed by atoms with E-state index in [1.165, 1.54) is 0 Å². The van der Waals surface area contributed by atoms with Crippen molar-refractivity contribution in [2.75, 3.05) is 0 Å². The molecular formula is C9H11NO3. The van der Waals surface area contributed by atoms with Crippen LogP contribution >= 0.6 is 0 Å². The van der Waals surface area contributed by atoms with E-state index in [-0.39, 0.29) is 6.61 Å². The SMILES string of the molecule is NC(C(=O)O)c1cccc(CO)c1. The van der Waals surface area contributed by atoms with Crippen LogP contribution in [0.1, 0.15) is 17.2 Å². The van der Waals surface area contributed by atoms with E-state index < -0.39 is 12.0 Å². The van der Waals surface area contributed by atoms with E-state index in [4.69, 9.17) is 15.9 Å². The lowest BCUT2D eigenvalue weighted by Crippen LogP contribution is -2.20. The van der Waals surface area contributed by atoms with E-state index in [1.807, 2.05) is 0 Å². The highest BCUT2D eigenvalue weighted by molar-refractivity contribution is 5.75. The number of aliphatic carboxylic acids is 1. The van der Waals surface area contributed by atoms with Crippen LogP contribution in [0.2, 0.25) is 0 Å². The molecule has 4 N–H and O–H groups in total. The minimum absolute atomic E-state index is 0.111. The molecule has 1 rings (SSSR count). The third kappa shape index (κ3) is 2.27. The number of nitrogens with two attached hydrogens (primary N) is 1. The minimum atomic E-state index is -1.07. The van der Waals surface area contributed by atoms with Crippen LogP contribution < -0.4 is 5.73 Å². The molecular weight excluding hydrogens is 170 g/mol. The molecule has 0 saturated heterocycles. The van der Waals surface area contributed by atoms with Gasteiger partial charge in [-0.05, 0) is 11.1 Å². The van der Waals surface area contributed by atoms with E-state index in [2.05, 4.69) is 0 Å². The first-order valence-electron chi connectivity index (χ1n) is 3.83. The highest BCUT2D eigenvalue weighted by Gasteiger charge is 2.13. The Labute approximate surface area is 75.6 Å². The van der Waals surface area contributed by atoms with Crippen LogP contribution in [0, 0.1) is 0 Å². The molecule has 70 valence electrons. The third-order valence-electron chi connectivity index (χ3n) is 1.76. The highest BCUT2D eigenvalue weighted by Crippen LogP contribution is 2.12. The molecule has 0 heterocycles. The summed E-state index contributed by atoms with van der Waals surface area (Å²) in [6.07, 6.45) is 0. The maximum Gasteiger partial charge on any atom is 0.325 e. The summed E-state index contributed by atoms with van der Waals surface area (Å²) < 4.78 is 0. The summed E-state index contributed by atoms with van der Waals surface area (Å²) in [5.74, 6) is -1.07. The van der Waals surface area contributed by atoms with Crippen LogP contribution in [0.3, 0.4) is 0 Å². The lowest BCUT2D eigenvalue weighted by Gasteiger charge is -2.07. The largest absolute Gasteiger partial charge is 0.480 e. The quantitative estimate of drug-likeness (QED) is 0.624. The van der Waals surface area contributed by atoms with E-state index in [9.17, 15) is 4.79 Å². The van der Waals surface area contributed by atoms with Gasteiger partial charge < -0.3 is 15.9 Å². The molecule has 0 amide bonds. The molecule has 13 heavy (non-hydrogen) atoms. The van der Waals surface area contributed by atoms with Crippen LogP contribution in [-0.4, -0.2) is 16.2 Å². The monoisotopic (exact) mass is 181 g/mol. The zero-order valence-corrected chi connectivity index (χ0v) is 6.97. The second-order valence-electron chi connectivity index (χ2n) is 2.72. The summed E-state index contributed by atoms with van der Waals surface area (Å²) in [6, 6.07) is 5.56. The van der Waals surface area contributed by atoms with Crippen molar-refractivity contribution in [2.24, 2.45) is 5.73 Å². The summed E-state index contributed by atoms with van der Waals surface area (Å²) in [5.41, 5.74) is 6.54. The van der Waals surface area contributed by atoms with Crippen LogP contribution in [0.15, 0.2) is 24.3 Å². The number of hydrogen-bond donors (Lipinski definition) is 3. The Balaban J connectivity index is 2.94. The Bertz CT molecular complexity index is 311. The van der Waals surface area contributed by atoms with Gasteiger partial charge in [0.15, 0.2) is 0 Å². The Morgan fingerprint density at radius 1 is 1.54 bits per heavy atom. The first-order chi connectivity index (χ1) is 6.15. The summed E-state index contributed by atoms with van der Waals surface area (Å²) in [4.78, 5) is 10.5. The Morgan fingerprint density at radius 2 is 2.23 bits per heavy atom. The van der Waals surface area contributed by atoms with Crippen LogP contribution in [0.5, 0.6) is 0 Å². The summed E-state index contributed by atoms with van der Waals surface area (Å²) >= 11 is 0. The molecule has 4 heteroatoms. The standard InChI is InChI=1S/C9H11NO3/c10-8(9(12)13)7-3-1-2-6(4-7)5-11/h1-4,8,11H,5,10H2,(H,12,13). The topological polar surface area (TPSA) is 83.6 Å². The lowest BCUT2D eigenvalue weighted by molar-refractivity contribution is -0.138. The number of benzene rings is 1. The van der Waals surface area contributed by atoms with Gasteiger partial charge in [-0.25, -0.2) is 0 Å². The van der Waals surface area contributed by atoms with Gasteiger partial charge in [0.1, 0.15) is 6.04 Å². The van der Waals surface area contributed by atoms with Crippen LogP contribution in [0.4, 0.5) is 0 Å². The van der Waals surface area contributed by atoms with Crippen LogP contribution in [0.25, 0.3) is 0 Å². The number of hydrogen-bond acceptors (Lipinski definition) is 3. The van der Waals surface area contributed by atoms with Gasteiger partial charge in [0.2, 0.25) is 0 Å². The van der Waals surface area contributed by atoms with Crippen molar-refractivity contribution in [3.8, 4) is 0 Å². The van der Waals surface area contributed by atoms with Gasteiger partial charge in [0, 0.05) is 0 Å². The first kappa shape index (κ1) is 9.70. The van der Waals surface area contributed by atoms with Crippen LogP contribution in [-0.2, 0) is 11.4 Å². The molecule has 1 aromatic rings. The van der Waals surface area contributed by atoms with Crippen molar-refractivity contribution in [3.05, 3.63) is 35.4 Å². The Morgan fingerprint density at radius 3 is 2.77 bits per heavy atom. The van der Waals surface area contributed by atoms with Gasteiger partial charge in [0.05, 0.1) is 6.61 Å². The van der Waals surface area contributed by atoms with E-state index in [1.54, 1.807) is 24.3 Å². The minimum Gasteiger partial charge on any atom is -0.480 e. The van der Waals surface area contributed by atoms with E-state index >= 15 is 0 Å². The smallest absolute Gasteiger partial charge is 0.325 e. The number of aliphatic hydroxyl groups is 1. The van der Waals surface area contributed by atoms with Gasteiger partial charge in [-0.2, -0.15) is 0 Å². The number of rotatable bonds is 3. The fourth-order valence-corrected chi connectivity index (χ4v) is 1.03. The Kier molecular flexibility index (Phi) is 3.00. The molecule has 0 saturated carbocycles. The molecule has 0 fully saturated rings. The molecule has 0 aliphatic carbocycles. The van der Waals surface area contributed by atoms with E-state index in [0.717, 1.165) is 0 Å². The van der Waals surface area contributed by atoms with Gasteiger partial charge in [-0.3, -0.25) is 4.79 Å². The predicted molar refractivity (Wildman–Crippen MR) is 46.9 cm³/mol. The van der Waals surface area contributed by atoms with Gasteiger partial charge in [0.25, 0.3) is 0 Å². The highest BCUT2D eigenvalue weighted by atomic mass is 16.4. The molecule has 0 aliphatic heterocycles. The summed E-state index contributed by atoms with van der Waals surface area (Å²) in [7, 11) is 0. The van der Waals surface area contributed by atoms with Crippen molar-refractivity contribution in [3.63, 3.8) is 0 Å². The molecule has 1 aromatic carbocycles. The zero-order chi connectivity index (χ0) is 9.84.